The summed E-state index contributed by atoms with van der Waals surface area (Å²) in [5.74, 6) is -1.08. The number of H-pyrrole nitrogens is 1. The quantitative estimate of drug-likeness (QED) is 0.292. The van der Waals surface area contributed by atoms with Gasteiger partial charge in [-0.25, -0.2) is 9.59 Å². The molecule has 0 spiro atoms. The van der Waals surface area contributed by atoms with Crippen molar-refractivity contribution in [3.8, 4) is 17.1 Å². The summed E-state index contributed by atoms with van der Waals surface area (Å²) < 4.78 is 11.3. The molecule has 3 N–H and O–H groups in total. The molecule has 0 bridgehead atoms. The summed E-state index contributed by atoms with van der Waals surface area (Å²) in [6, 6.07) is 20.6. The Bertz CT molecular complexity index is 1680. The maximum atomic E-state index is 12.7. The van der Waals surface area contributed by atoms with E-state index in [1.807, 2.05) is 49.4 Å². The summed E-state index contributed by atoms with van der Waals surface area (Å²) in [7, 11) is 0. The van der Waals surface area contributed by atoms with Gasteiger partial charge in [-0.05, 0) is 48.2 Å². The number of nitrogens with one attached hydrogen (secondary N) is 2. The van der Waals surface area contributed by atoms with Gasteiger partial charge in [0.25, 0.3) is 5.91 Å². The SMILES string of the molecule is Cc1ccc(OCC(=O)N[C@H](Cc2c[nH]c3ccccc23)C(=O)O)c(-c2cc3ccccc3c(=O)o2)c1. The molecule has 0 aliphatic carbocycles. The molecule has 1 atom stereocenters. The van der Waals surface area contributed by atoms with Gasteiger partial charge in [0.2, 0.25) is 0 Å². The first kappa shape index (κ1) is 23.9. The maximum Gasteiger partial charge on any atom is 0.344 e. The van der Waals surface area contributed by atoms with Crippen molar-refractivity contribution in [2.75, 3.05) is 6.61 Å². The molecule has 37 heavy (non-hydrogen) atoms. The van der Waals surface area contributed by atoms with Crippen molar-refractivity contribution in [1.29, 1.82) is 0 Å². The Balaban J connectivity index is 1.33. The maximum absolute atomic E-state index is 12.7. The smallest absolute Gasteiger partial charge is 0.344 e. The number of amides is 1. The van der Waals surface area contributed by atoms with Gasteiger partial charge in [-0.2, -0.15) is 0 Å². The van der Waals surface area contributed by atoms with Gasteiger partial charge in [-0.15, -0.1) is 0 Å². The van der Waals surface area contributed by atoms with E-state index in [1.165, 1.54) is 0 Å². The summed E-state index contributed by atoms with van der Waals surface area (Å²) >= 11 is 0. The van der Waals surface area contributed by atoms with Crippen LogP contribution < -0.4 is 15.7 Å². The molecular weight excluding hydrogens is 472 g/mol. The highest BCUT2D eigenvalue weighted by molar-refractivity contribution is 5.88. The number of aromatic amines is 1. The van der Waals surface area contributed by atoms with Crippen LogP contribution in [0.25, 0.3) is 33.0 Å². The number of aliphatic carboxylic acids is 1. The Hall–Kier alpha value is -4.85. The molecule has 8 heteroatoms. The van der Waals surface area contributed by atoms with Gasteiger partial charge in [0, 0.05) is 23.5 Å². The predicted octanol–water partition coefficient (Wildman–Crippen LogP) is 4.44. The lowest BCUT2D eigenvalue weighted by Crippen LogP contribution is -2.44. The molecule has 0 saturated heterocycles. The van der Waals surface area contributed by atoms with Crippen molar-refractivity contribution in [3.63, 3.8) is 0 Å². The zero-order chi connectivity index (χ0) is 25.9. The molecule has 1 amide bonds. The fraction of sp³-hybridized carbons (Fsp3) is 0.138. The van der Waals surface area contributed by atoms with E-state index < -0.39 is 30.2 Å². The van der Waals surface area contributed by atoms with Crippen molar-refractivity contribution >= 4 is 33.6 Å². The fourth-order valence-corrected chi connectivity index (χ4v) is 4.33. The summed E-state index contributed by atoms with van der Waals surface area (Å²) in [5.41, 5.74) is 2.64. The van der Waals surface area contributed by atoms with Crippen LogP contribution in [-0.4, -0.2) is 34.6 Å². The Morgan fingerprint density at radius 1 is 1.03 bits per heavy atom. The van der Waals surface area contributed by atoms with Gasteiger partial charge in [0.15, 0.2) is 6.61 Å². The Morgan fingerprint density at radius 3 is 2.59 bits per heavy atom. The average Bonchev–Trinajstić information content (AvgIpc) is 3.30. The number of ether oxygens (including phenoxy) is 1. The first-order chi connectivity index (χ1) is 17.9. The number of carboxylic acids is 1. The number of fused-ring (bicyclic) bond motifs is 2. The van der Waals surface area contributed by atoms with Crippen LogP contribution in [-0.2, 0) is 16.0 Å². The van der Waals surface area contributed by atoms with Gasteiger partial charge < -0.3 is 24.6 Å². The molecule has 0 radical (unpaired) electrons. The Kier molecular flexibility index (Phi) is 6.47. The molecular formula is C29H24N2O6. The number of rotatable bonds is 8. The fourth-order valence-electron chi connectivity index (χ4n) is 4.33. The summed E-state index contributed by atoms with van der Waals surface area (Å²) in [5, 5.41) is 14.3. The van der Waals surface area contributed by atoms with Gasteiger partial charge in [0.1, 0.15) is 17.6 Å². The molecule has 3 aromatic carbocycles. The lowest BCUT2D eigenvalue weighted by Gasteiger charge is -2.16. The van der Waals surface area contributed by atoms with Crippen molar-refractivity contribution in [3.05, 3.63) is 101 Å². The van der Waals surface area contributed by atoms with E-state index >= 15 is 0 Å². The molecule has 0 aliphatic rings. The van der Waals surface area contributed by atoms with Gasteiger partial charge in [-0.3, -0.25) is 4.79 Å². The van der Waals surface area contributed by atoms with Crippen LogP contribution in [0.2, 0.25) is 0 Å². The lowest BCUT2D eigenvalue weighted by molar-refractivity contribution is -0.142. The molecule has 5 aromatic rings. The van der Waals surface area contributed by atoms with Crippen molar-refractivity contribution in [2.45, 2.75) is 19.4 Å². The second-order valence-corrected chi connectivity index (χ2v) is 8.80. The number of benzene rings is 3. The molecule has 0 unspecified atom stereocenters. The topological polar surface area (TPSA) is 122 Å². The number of hydrogen-bond acceptors (Lipinski definition) is 5. The zero-order valence-corrected chi connectivity index (χ0v) is 20.0. The largest absolute Gasteiger partial charge is 0.483 e. The number of aryl methyl sites for hydroxylation is 1. The molecule has 0 saturated carbocycles. The van der Waals surface area contributed by atoms with Gasteiger partial charge >= 0.3 is 11.6 Å². The monoisotopic (exact) mass is 496 g/mol. The molecule has 0 fully saturated rings. The van der Waals surface area contributed by atoms with Crippen molar-refractivity contribution in [1.82, 2.24) is 10.3 Å². The average molecular weight is 497 g/mol. The van der Waals surface area contributed by atoms with Crippen LogP contribution in [0.3, 0.4) is 0 Å². The van der Waals surface area contributed by atoms with E-state index in [9.17, 15) is 19.5 Å². The highest BCUT2D eigenvalue weighted by atomic mass is 16.5. The molecule has 0 aliphatic heterocycles. The second kappa shape index (κ2) is 10.0. The predicted molar refractivity (Wildman–Crippen MR) is 140 cm³/mol. The minimum atomic E-state index is -1.15. The van der Waals surface area contributed by atoms with E-state index in [4.69, 9.17) is 9.15 Å². The standard InChI is InChI=1S/C29H24N2O6/c1-17-10-11-25(22(12-17)26-14-18-6-2-3-8-21(18)29(35)37-26)36-16-27(32)31-24(28(33)34)13-19-15-30-23-9-5-4-7-20(19)23/h2-12,14-15,24,30H,13,16H2,1H3,(H,31,32)(H,33,34)/t24-/m1/s1. The third-order valence-electron chi connectivity index (χ3n) is 6.16. The minimum Gasteiger partial charge on any atom is -0.483 e. The van der Waals surface area contributed by atoms with Crippen molar-refractivity contribution in [2.24, 2.45) is 0 Å². The number of carbonyl (C=O) groups is 2. The van der Waals surface area contributed by atoms with Gasteiger partial charge in [0.05, 0.1) is 10.9 Å². The Morgan fingerprint density at radius 2 is 1.78 bits per heavy atom. The van der Waals surface area contributed by atoms with E-state index in [2.05, 4.69) is 10.3 Å². The summed E-state index contributed by atoms with van der Waals surface area (Å²) in [6.07, 6.45) is 1.86. The number of para-hydroxylation sites is 1. The van der Waals surface area contributed by atoms with E-state index in [-0.39, 0.29) is 6.42 Å². The van der Waals surface area contributed by atoms with Gasteiger partial charge in [-0.1, -0.05) is 48.0 Å². The second-order valence-electron chi connectivity index (χ2n) is 8.80. The minimum absolute atomic E-state index is 0.114. The van der Waals surface area contributed by atoms with Crippen LogP contribution in [0.1, 0.15) is 11.1 Å². The van der Waals surface area contributed by atoms with Crippen LogP contribution in [0.5, 0.6) is 5.75 Å². The first-order valence-corrected chi connectivity index (χ1v) is 11.7. The van der Waals surface area contributed by atoms with Crippen LogP contribution in [0.4, 0.5) is 0 Å². The highest BCUT2D eigenvalue weighted by Gasteiger charge is 2.22. The summed E-state index contributed by atoms with van der Waals surface area (Å²) in [6.45, 7) is 1.48. The number of hydrogen-bond donors (Lipinski definition) is 3. The van der Waals surface area contributed by atoms with Crippen LogP contribution in [0, 0.1) is 6.92 Å². The first-order valence-electron chi connectivity index (χ1n) is 11.7. The third kappa shape index (κ3) is 5.08. The van der Waals surface area contributed by atoms with Crippen molar-refractivity contribution < 1.29 is 23.8 Å². The van der Waals surface area contributed by atoms with E-state index in [1.54, 1.807) is 36.5 Å². The van der Waals surface area contributed by atoms with Crippen LogP contribution >= 0.6 is 0 Å². The number of aromatic nitrogens is 1. The lowest BCUT2D eigenvalue weighted by atomic mass is 10.0. The highest BCUT2D eigenvalue weighted by Crippen LogP contribution is 2.32. The summed E-state index contributed by atoms with van der Waals surface area (Å²) in [4.78, 5) is 40.2. The molecule has 186 valence electrons. The number of carboxylic acid groups (broad SMARTS) is 1. The molecule has 8 nitrogen and oxygen atoms in total. The normalized spacial score (nSPS) is 11.9. The molecule has 2 heterocycles. The van der Waals surface area contributed by atoms with E-state index in [0.29, 0.717) is 22.5 Å². The number of carbonyl (C=O) groups excluding carboxylic acids is 1. The zero-order valence-electron chi connectivity index (χ0n) is 20.0. The van der Waals surface area contributed by atoms with Crippen LogP contribution in [0.15, 0.2) is 88.2 Å². The van der Waals surface area contributed by atoms with E-state index in [0.717, 1.165) is 27.4 Å². The molecule has 5 rings (SSSR count). The molecule has 2 aromatic heterocycles. The third-order valence-corrected chi connectivity index (χ3v) is 6.16. The Labute approximate surface area is 211 Å².